The molecule has 0 fully saturated rings. The minimum absolute atomic E-state index is 0.938. The molecule has 0 aliphatic heterocycles. The van der Waals surface area contributed by atoms with E-state index in [9.17, 15) is 0 Å². The van der Waals surface area contributed by atoms with Crippen LogP contribution in [0.25, 0.3) is 89.4 Å². The Morgan fingerprint density at radius 1 is 0.250 bits per heavy atom. The summed E-state index contributed by atoms with van der Waals surface area (Å²) in [6.45, 7) is 4.19. The molecule has 0 aliphatic rings. The minimum Gasteiger partial charge on any atom is -0.256 e. The summed E-state index contributed by atoms with van der Waals surface area (Å²) in [5, 5.41) is 0. The first kappa shape index (κ1) is 45.6. The lowest BCUT2D eigenvalue weighted by Crippen LogP contribution is -1.98. The minimum atomic E-state index is 0.938. The Bertz CT molecular complexity index is 3580. The molecule has 0 spiro atoms. The Balaban J connectivity index is 0.886. The van der Waals surface area contributed by atoms with E-state index in [2.05, 4.69) is 248 Å². The Morgan fingerprint density at radius 3 is 1.28 bits per heavy atom. The van der Waals surface area contributed by atoms with Crippen LogP contribution in [-0.2, 0) is 25.7 Å². The van der Waals surface area contributed by atoms with Gasteiger partial charge in [0.1, 0.15) is 0 Å². The average molecular weight is 926 g/mol. The molecule has 3 heteroatoms. The molecule has 0 saturated carbocycles. The number of rotatable bonds is 14. The number of hydrogen-bond acceptors (Lipinski definition) is 3. The van der Waals surface area contributed by atoms with E-state index >= 15 is 0 Å². The zero-order valence-corrected chi connectivity index (χ0v) is 40.8. The molecule has 0 aliphatic carbocycles. The van der Waals surface area contributed by atoms with E-state index in [1.807, 2.05) is 24.7 Å². The van der Waals surface area contributed by atoms with E-state index in [4.69, 9.17) is 4.98 Å². The van der Waals surface area contributed by atoms with Crippen LogP contribution in [0.2, 0.25) is 0 Å². The second-order valence-electron chi connectivity index (χ2n) is 18.9. The number of benzene rings is 8. The number of pyridine rings is 3. The summed E-state index contributed by atoms with van der Waals surface area (Å²) in [7, 11) is 0. The quantitative estimate of drug-likeness (QED) is 0.109. The third-order valence-electron chi connectivity index (χ3n) is 13.8. The molecule has 0 unspecified atom stereocenters. The molecule has 0 bridgehead atoms. The molecule has 3 aromatic heterocycles. The molecule has 3 heterocycles. The molecule has 0 N–H and O–H groups in total. The van der Waals surface area contributed by atoms with E-state index in [0.717, 1.165) is 81.7 Å². The molecule has 0 saturated heterocycles. The molecule has 0 radical (unpaired) electrons. The van der Waals surface area contributed by atoms with Gasteiger partial charge in [-0.1, -0.05) is 206 Å². The number of aromatic nitrogens is 3. The standard InChI is InChI=1S/C69H55N3/c1-48-39-40-70-68(41-48)60-28-24-51(25-29-60)19-21-53-42-52(20-18-50-22-26-59(27-23-50)67-38-17-49(2)46-71-67)43-62(44-53)64-16-10-9-15-63(64)57-34-36-61(37-35-57)69-45-65(66(47-72-69)56-13-7-4-8-14-56)58-32-30-55(31-33-58)54-11-5-3-6-12-54/h3-17,22-47H,18-21H2,1-2H3. The number of nitrogens with zero attached hydrogens (tertiary/aromatic N) is 3. The van der Waals surface area contributed by atoms with E-state index in [0.29, 0.717) is 0 Å². The monoisotopic (exact) mass is 925 g/mol. The average Bonchev–Trinajstić information content (AvgIpc) is 3.45. The Labute approximate surface area is 424 Å². The van der Waals surface area contributed by atoms with Crippen molar-refractivity contribution in [1.29, 1.82) is 0 Å². The fourth-order valence-corrected chi connectivity index (χ4v) is 9.78. The summed E-state index contributed by atoms with van der Waals surface area (Å²) in [5.74, 6) is 0. The van der Waals surface area contributed by atoms with Gasteiger partial charge in [-0.25, -0.2) is 0 Å². The second kappa shape index (κ2) is 21.1. The van der Waals surface area contributed by atoms with Crippen molar-refractivity contribution in [1.82, 2.24) is 15.0 Å². The van der Waals surface area contributed by atoms with Crippen molar-refractivity contribution in [3.63, 3.8) is 0 Å². The topological polar surface area (TPSA) is 38.7 Å². The van der Waals surface area contributed by atoms with Gasteiger partial charge in [-0.2, -0.15) is 0 Å². The highest BCUT2D eigenvalue weighted by atomic mass is 14.7. The van der Waals surface area contributed by atoms with Crippen molar-refractivity contribution in [2.45, 2.75) is 39.5 Å². The normalized spacial score (nSPS) is 11.1. The Morgan fingerprint density at radius 2 is 0.694 bits per heavy atom. The van der Waals surface area contributed by atoms with Crippen molar-refractivity contribution in [2.75, 3.05) is 0 Å². The number of aryl methyl sites for hydroxylation is 6. The SMILES string of the molecule is Cc1ccc(-c2ccc(CCc3cc(CCc4ccc(-c5cc(C)ccn5)cc4)cc(-c4ccccc4-c4ccc(-c5cc(-c6ccc(-c7ccccc7)cc6)c(-c6ccccc6)cn5)cc4)c3)cc2)nc1. The lowest BCUT2D eigenvalue weighted by Gasteiger charge is -2.15. The van der Waals surface area contributed by atoms with Gasteiger partial charge in [0.25, 0.3) is 0 Å². The van der Waals surface area contributed by atoms with Crippen molar-refractivity contribution >= 4 is 0 Å². The highest BCUT2D eigenvalue weighted by molar-refractivity contribution is 5.88. The van der Waals surface area contributed by atoms with Crippen LogP contribution in [0.1, 0.15) is 33.4 Å². The van der Waals surface area contributed by atoms with Crippen LogP contribution < -0.4 is 0 Å². The summed E-state index contributed by atoms with van der Waals surface area (Å²) >= 11 is 0. The van der Waals surface area contributed by atoms with Gasteiger partial charge in [-0.3, -0.25) is 15.0 Å². The molecule has 3 nitrogen and oxygen atoms in total. The summed E-state index contributed by atoms with van der Waals surface area (Å²) < 4.78 is 0. The second-order valence-corrected chi connectivity index (χ2v) is 18.9. The van der Waals surface area contributed by atoms with Crippen molar-refractivity contribution in [3.05, 3.63) is 282 Å². The molecular formula is C69H55N3. The van der Waals surface area contributed by atoms with Gasteiger partial charge in [0.2, 0.25) is 0 Å². The molecule has 72 heavy (non-hydrogen) atoms. The van der Waals surface area contributed by atoms with Gasteiger partial charge in [0.05, 0.1) is 17.1 Å². The summed E-state index contributed by atoms with van der Waals surface area (Å²) in [5.41, 5.74) is 25.9. The van der Waals surface area contributed by atoms with Gasteiger partial charge >= 0.3 is 0 Å². The zero-order valence-electron chi connectivity index (χ0n) is 40.8. The van der Waals surface area contributed by atoms with E-state index in [-0.39, 0.29) is 0 Å². The highest BCUT2D eigenvalue weighted by Gasteiger charge is 2.15. The van der Waals surface area contributed by atoms with Crippen LogP contribution in [0.4, 0.5) is 0 Å². The van der Waals surface area contributed by atoms with Crippen LogP contribution in [-0.4, -0.2) is 15.0 Å². The van der Waals surface area contributed by atoms with E-state index in [1.165, 1.54) is 66.8 Å². The van der Waals surface area contributed by atoms with Gasteiger partial charge in [-0.05, 0) is 147 Å². The first-order chi connectivity index (χ1) is 35.5. The predicted octanol–water partition coefficient (Wildman–Crippen LogP) is 17.4. The van der Waals surface area contributed by atoms with Crippen molar-refractivity contribution in [3.8, 4) is 89.4 Å². The maximum atomic E-state index is 5.08. The zero-order chi connectivity index (χ0) is 48.6. The Kier molecular flexibility index (Phi) is 13.3. The third kappa shape index (κ3) is 10.5. The maximum Gasteiger partial charge on any atom is 0.0708 e. The third-order valence-corrected chi connectivity index (χ3v) is 13.8. The first-order valence-corrected chi connectivity index (χ1v) is 25.0. The van der Waals surface area contributed by atoms with Crippen LogP contribution in [0.5, 0.6) is 0 Å². The fraction of sp³-hybridized carbons (Fsp3) is 0.0870. The van der Waals surface area contributed by atoms with Gasteiger partial charge < -0.3 is 0 Å². The summed E-state index contributed by atoms with van der Waals surface area (Å²) in [4.78, 5) is 14.4. The lowest BCUT2D eigenvalue weighted by molar-refractivity contribution is 0.931. The smallest absolute Gasteiger partial charge is 0.0708 e. The fourth-order valence-electron chi connectivity index (χ4n) is 9.78. The molecule has 346 valence electrons. The van der Waals surface area contributed by atoms with Crippen molar-refractivity contribution < 1.29 is 0 Å². The maximum absolute atomic E-state index is 5.08. The summed E-state index contributed by atoms with van der Waals surface area (Å²) in [6.07, 6.45) is 9.63. The molecule has 0 atom stereocenters. The molecule has 11 rings (SSSR count). The van der Waals surface area contributed by atoms with Crippen LogP contribution in [0.15, 0.2) is 249 Å². The molecule has 8 aromatic carbocycles. The Hall–Kier alpha value is -8.79. The molecule has 0 amide bonds. The van der Waals surface area contributed by atoms with Crippen LogP contribution in [0, 0.1) is 13.8 Å². The van der Waals surface area contributed by atoms with E-state index in [1.54, 1.807) is 0 Å². The predicted molar refractivity (Wildman–Crippen MR) is 300 cm³/mol. The molecular weight excluding hydrogens is 871 g/mol. The highest BCUT2D eigenvalue weighted by Crippen LogP contribution is 2.38. The van der Waals surface area contributed by atoms with Crippen LogP contribution >= 0.6 is 0 Å². The van der Waals surface area contributed by atoms with Crippen molar-refractivity contribution in [2.24, 2.45) is 0 Å². The van der Waals surface area contributed by atoms with Gasteiger partial charge in [0, 0.05) is 40.8 Å². The summed E-state index contributed by atoms with van der Waals surface area (Å²) in [6, 6.07) is 83.6. The van der Waals surface area contributed by atoms with Gasteiger partial charge in [-0.15, -0.1) is 0 Å². The largest absolute Gasteiger partial charge is 0.256 e. The van der Waals surface area contributed by atoms with Gasteiger partial charge in [0.15, 0.2) is 0 Å². The number of hydrogen-bond donors (Lipinski definition) is 0. The van der Waals surface area contributed by atoms with E-state index < -0.39 is 0 Å². The molecule has 11 aromatic rings. The lowest BCUT2D eigenvalue weighted by atomic mass is 9.89. The first-order valence-electron chi connectivity index (χ1n) is 25.0. The van der Waals surface area contributed by atoms with Crippen LogP contribution in [0.3, 0.4) is 0 Å².